The molecule has 4 aromatic rings. The molecule has 3 N–H and O–H groups in total. The summed E-state index contributed by atoms with van der Waals surface area (Å²) in [6.07, 6.45) is 4.69. The van der Waals surface area contributed by atoms with Gasteiger partial charge in [0.05, 0.1) is 39.9 Å². The first kappa shape index (κ1) is 22.9. The van der Waals surface area contributed by atoms with Gasteiger partial charge >= 0.3 is 0 Å². The zero-order chi connectivity index (χ0) is 26.3. The number of likely N-dealkylation sites (tertiary alicyclic amines) is 1. The van der Waals surface area contributed by atoms with E-state index in [4.69, 9.17) is 10.5 Å². The van der Waals surface area contributed by atoms with Gasteiger partial charge in [-0.3, -0.25) is 14.3 Å². The number of pyridine rings is 1. The number of ether oxygens (including phenoxy) is 1. The molecule has 0 radical (unpaired) electrons. The van der Waals surface area contributed by atoms with Crippen molar-refractivity contribution in [1.29, 1.82) is 0 Å². The molecule has 0 bridgehead atoms. The number of carbonyl (C=O) groups is 2. The summed E-state index contributed by atoms with van der Waals surface area (Å²) in [5.74, 6) is 0.0322. The lowest BCUT2D eigenvalue weighted by Crippen LogP contribution is -2.42. The van der Waals surface area contributed by atoms with E-state index in [1.807, 2.05) is 18.2 Å². The van der Waals surface area contributed by atoms with Crippen molar-refractivity contribution in [2.45, 2.75) is 44.2 Å². The number of nitrogens with zero attached hydrogens (tertiary/aromatic N) is 4. The maximum absolute atomic E-state index is 15.5. The summed E-state index contributed by atoms with van der Waals surface area (Å²) in [5.41, 5.74) is 7.92. The van der Waals surface area contributed by atoms with Gasteiger partial charge in [0.15, 0.2) is 5.60 Å². The highest BCUT2D eigenvalue weighted by molar-refractivity contribution is 6.10. The second-order valence-corrected chi connectivity index (χ2v) is 10.8. The third kappa shape index (κ3) is 3.35. The summed E-state index contributed by atoms with van der Waals surface area (Å²) in [4.78, 5) is 32.5. The average Bonchev–Trinajstić information content (AvgIpc) is 3.56. The SMILES string of the molecule is C[C@H]1CCC(c2ccc3c(c2)OC2(CC2)C(=O)N3)N(C(=O)c2cc3c(cc2F)nc(N)c2cnn(C)c23)C1. The van der Waals surface area contributed by atoms with E-state index in [0.717, 1.165) is 18.4 Å². The van der Waals surface area contributed by atoms with Gasteiger partial charge in [-0.2, -0.15) is 5.10 Å². The molecule has 2 atom stereocenters. The van der Waals surface area contributed by atoms with Gasteiger partial charge in [0.1, 0.15) is 17.4 Å². The van der Waals surface area contributed by atoms with Crippen LogP contribution in [0, 0.1) is 11.7 Å². The molecule has 3 aliphatic rings. The lowest BCUT2D eigenvalue weighted by atomic mass is 9.89. The monoisotopic (exact) mass is 514 g/mol. The fraction of sp³-hybridized carbons (Fsp3) is 0.357. The third-order valence-electron chi connectivity index (χ3n) is 8.17. The number of hydrogen-bond donors (Lipinski definition) is 2. The lowest BCUT2D eigenvalue weighted by Gasteiger charge is -2.39. The number of anilines is 2. The lowest BCUT2D eigenvalue weighted by molar-refractivity contribution is -0.125. The fourth-order valence-corrected chi connectivity index (χ4v) is 5.89. The minimum Gasteiger partial charge on any atom is -0.475 e. The number of fused-ring (bicyclic) bond motifs is 4. The van der Waals surface area contributed by atoms with E-state index in [1.165, 1.54) is 6.07 Å². The van der Waals surface area contributed by atoms with E-state index in [-0.39, 0.29) is 35.2 Å². The number of nitrogens with two attached hydrogens (primary N) is 1. The van der Waals surface area contributed by atoms with Gasteiger partial charge in [-0.1, -0.05) is 13.0 Å². The number of halogens is 1. The maximum atomic E-state index is 15.5. The highest BCUT2D eigenvalue weighted by Gasteiger charge is 2.55. The van der Waals surface area contributed by atoms with Gasteiger partial charge in [-0.25, -0.2) is 9.37 Å². The van der Waals surface area contributed by atoms with E-state index >= 15 is 4.39 Å². The van der Waals surface area contributed by atoms with Gasteiger partial charge in [0, 0.05) is 37.9 Å². The Bertz CT molecular complexity index is 1680. The van der Waals surface area contributed by atoms with Gasteiger partial charge in [-0.15, -0.1) is 0 Å². The second kappa shape index (κ2) is 7.89. The number of amides is 2. The molecule has 2 amide bonds. The predicted molar refractivity (Wildman–Crippen MR) is 140 cm³/mol. The van der Waals surface area contributed by atoms with Gasteiger partial charge in [-0.05, 0) is 42.5 Å². The van der Waals surface area contributed by atoms with Crippen LogP contribution < -0.4 is 15.8 Å². The summed E-state index contributed by atoms with van der Waals surface area (Å²) in [7, 11) is 1.78. The van der Waals surface area contributed by atoms with Gasteiger partial charge in [0.25, 0.3) is 11.8 Å². The number of benzene rings is 2. The molecule has 7 rings (SSSR count). The summed E-state index contributed by atoms with van der Waals surface area (Å²) < 4.78 is 23.2. The topological polar surface area (TPSA) is 115 Å². The van der Waals surface area contributed by atoms with Crippen LogP contribution in [0.1, 0.15) is 54.6 Å². The number of aryl methyl sites for hydroxylation is 1. The first-order chi connectivity index (χ1) is 18.2. The third-order valence-corrected chi connectivity index (χ3v) is 8.17. The highest BCUT2D eigenvalue weighted by Crippen LogP contribution is 2.48. The quantitative estimate of drug-likeness (QED) is 0.412. The van der Waals surface area contributed by atoms with Gasteiger partial charge < -0.3 is 20.7 Å². The number of piperidine rings is 1. The summed E-state index contributed by atoms with van der Waals surface area (Å²) in [6, 6.07) is 8.25. The normalized spacial score (nSPS) is 21.9. The zero-order valence-electron chi connectivity index (χ0n) is 21.1. The molecule has 2 fully saturated rings. The average molecular weight is 515 g/mol. The minimum absolute atomic E-state index is 0.0101. The molecule has 1 saturated heterocycles. The predicted octanol–water partition coefficient (Wildman–Crippen LogP) is 4.32. The van der Waals surface area contributed by atoms with Crippen LogP contribution in [-0.4, -0.2) is 43.6 Å². The summed E-state index contributed by atoms with van der Waals surface area (Å²) in [5, 5.41) is 8.49. The van der Waals surface area contributed by atoms with Crippen LogP contribution in [0.5, 0.6) is 5.75 Å². The Morgan fingerprint density at radius 3 is 2.82 bits per heavy atom. The molecule has 38 heavy (non-hydrogen) atoms. The van der Waals surface area contributed by atoms with Crippen molar-refractivity contribution in [2.75, 3.05) is 17.6 Å². The van der Waals surface area contributed by atoms with E-state index in [0.29, 0.717) is 52.6 Å². The van der Waals surface area contributed by atoms with E-state index in [2.05, 4.69) is 22.3 Å². The molecule has 1 saturated carbocycles. The Kier molecular flexibility index (Phi) is 4.77. The molecule has 9 nitrogen and oxygen atoms in total. The van der Waals surface area contributed by atoms with Crippen molar-refractivity contribution in [3.8, 4) is 5.75 Å². The Hall–Kier alpha value is -4.21. The molecule has 10 heteroatoms. The number of hydrogen-bond acceptors (Lipinski definition) is 6. The number of nitrogens with one attached hydrogen (secondary N) is 1. The van der Waals surface area contributed by atoms with Crippen LogP contribution in [-0.2, 0) is 11.8 Å². The summed E-state index contributed by atoms with van der Waals surface area (Å²) in [6.45, 7) is 2.60. The largest absolute Gasteiger partial charge is 0.475 e. The number of rotatable bonds is 2. The second-order valence-electron chi connectivity index (χ2n) is 10.8. The van der Waals surface area contributed by atoms with Crippen molar-refractivity contribution < 1.29 is 18.7 Å². The smallest absolute Gasteiger partial charge is 0.268 e. The molecule has 1 unspecified atom stereocenters. The van der Waals surface area contributed by atoms with Crippen LogP contribution in [0.2, 0.25) is 0 Å². The van der Waals surface area contributed by atoms with Crippen LogP contribution in [0.15, 0.2) is 36.5 Å². The van der Waals surface area contributed by atoms with Crippen LogP contribution in [0.4, 0.5) is 15.9 Å². The highest BCUT2D eigenvalue weighted by atomic mass is 19.1. The van der Waals surface area contributed by atoms with Gasteiger partial charge in [0.2, 0.25) is 0 Å². The Labute approximate surface area is 217 Å². The van der Waals surface area contributed by atoms with Crippen molar-refractivity contribution >= 4 is 45.1 Å². The van der Waals surface area contributed by atoms with Crippen molar-refractivity contribution in [3.05, 3.63) is 53.5 Å². The number of nitrogen functional groups attached to an aromatic ring is 1. The zero-order valence-corrected chi connectivity index (χ0v) is 21.1. The molecule has 4 heterocycles. The summed E-state index contributed by atoms with van der Waals surface area (Å²) >= 11 is 0. The van der Waals surface area contributed by atoms with Crippen molar-refractivity contribution in [3.63, 3.8) is 0 Å². The fourth-order valence-electron chi connectivity index (χ4n) is 5.89. The van der Waals surface area contributed by atoms with E-state index in [1.54, 1.807) is 28.9 Å². The van der Waals surface area contributed by atoms with Crippen LogP contribution in [0.3, 0.4) is 0 Å². The molecular weight excluding hydrogens is 487 g/mol. The van der Waals surface area contributed by atoms with Crippen LogP contribution in [0.25, 0.3) is 21.8 Å². The number of aromatic nitrogens is 3. The molecule has 194 valence electrons. The first-order valence-electron chi connectivity index (χ1n) is 12.9. The molecule has 1 aliphatic carbocycles. The maximum Gasteiger partial charge on any atom is 0.268 e. The van der Waals surface area contributed by atoms with Crippen LogP contribution >= 0.6 is 0 Å². The molecule has 2 aromatic heterocycles. The Morgan fingerprint density at radius 1 is 1.21 bits per heavy atom. The standard InChI is InChI=1S/C28H27FN6O3/c1-14-3-6-22(15-4-5-20-23(9-15)38-28(7-8-28)27(37)33-20)35(13-14)26(36)16-10-17-21(11-19(16)29)32-25(30)18-12-31-34(2)24(17)18/h4-5,9-12,14,22H,3,6-8,13H2,1-2H3,(H2,30,32)(H,33,37)/t14-,22?/m0/s1. The minimum atomic E-state index is -0.759. The van der Waals surface area contributed by atoms with E-state index in [9.17, 15) is 9.59 Å². The first-order valence-corrected chi connectivity index (χ1v) is 12.9. The Morgan fingerprint density at radius 2 is 2.03 bits per heavy atom. The molecule has 2 aromatic carbocycles. The molecule has 2 aliphatic heterocycles. The molecular formula is C28H27FN6O3. The van der Waals surface area contributed by atoms with Crippen molar-refractivity contribution in [2.24, 2.45) is 13.0 Å². The number of carbonyl (C=O) groups excluding carboxylic acids is 2. The van der Waals surface area contributed by atoms with E-state index < -0.39 is 11.4 Å². The molecule has 1 spiro atoms. The van der Waals surface area contributed by atoms with Crippen molar-refractivity contribution in [1.82, 2.24) is 19.7 Å². The Balaban J connectivity index is 1.29.